The molecular formula is C10H9BrNO3-. The minimum atomic E-state index is -1.22. The maximum absolute atomic E-state index is 11.2. The number of anilines is 1. The fourth-order valence-electron chi connectivity index (χ4n) is 0.991. The molecule has 0 saturated carbocycles. The van der Waals surface area contributed by atoms with E-state index >= 15 is 0 Å². The molecule has 4 nitrogen and oxygen atoms in total. The lowest BCUT2D eigenvalue weighted by Gasteiger charge is -2.07. The molecule has 15 heavy (non-hydrogen) atoms. The van der Waals surface area contributed by atoms with Crippen LogP contribution >= 0.6 is 15.9 Å². The normalized spacial score (nSPS) is 9.67. The van der Waals surface area contributed by atoms with Gasteiger partial charge in [0, 0.05) is 16.9 Å². The SMILES string of the molecule is O=C([O-])CCC(=O)Nc1ccccc1Br. The molecule has 0 radical (unpaired) electrons. The average molecular weight is 271 g/mol. The minimum absolute atomic E-state index is 0.0797. The first kappa shape index (κ1) is 11.7. The molecule has 0 aliphatic heterocycles. The Hall–Kier alpha value is -1.36. The molecule has 1 N–H and O–H groups in total. The molecule has 1 aromatic rings. The van der Waals surface area contributed by atoms with Crippen molar-refractivity contribution >= 4 is 33.5 Å². The zero-order valence-corrected chi connectivity index (χ0v) is 9.41. The van der Waals surface area contributed by atoms with E-state index in [1.165, 1.54) is 0 Å². The van der Waals surface area contributed by atoms with Gasteiger partial charge in [0.25, 0.3) is 0 Å². The smallest absolute Gasteiger partial charge is 0.224 e. The minimum Gasteiger partial charge on any atom is -0.550 e. The quantitative estimate of drug-likeness (QED) is 0.885. The van der Waals surface area contributed by atoms with E-state index < -0.39 is 5.97 Å². The van der Waals surface area contributed by atoms with Gasteiger partial charge in [-0.3, -0.25) is 4.79 Å². The molecule has 0 aliphatic carbocycles. The van der Waals surface area contributed by atoms with E-state index in [1.807, 2.05) is 6.07 Å². The van der Waals surface area contributed by atoms with Crippen LogP contribution in [0.2, 0.25) is 0 Å². The molecule has 0 unspecified atom stereocenters. The number of carboxylic acid groups (broad SMARTS) is 1. The predicted octanol–water partition coefficient (Wildman–Crippen LogP) is 0.918. The van der Waals surface area contributed by atoms with Gasteiger partial charge in [0.15, 0.2) is 0 Å². The molecule has 1 aromatic carbocycles. The van der Waals surface area contributed by atoms with Crippen molar-refractivity contribution in [3.05, 3.63) is 28.7 Å². The van der Waals surface area contributed by atoms with Gasteiger partial charge in [-0.05, 0) is 34.5 Å². The summed E-state index contributed by atoms with van der Waals surface area (Å²) in [6.07, 6.45) is -0.347. The van der Waals surface area contributed by atoms with Crippen molar-refractivity contribution in [1.82, 2.24) is 0 Å². The summed E-state index contributed by atoms with van der Waals surface area (Å²) in [4.78, 5) is 21.4. The first-order valence-corrected chi connectivity index (χ1v) is 5.13. The van der Waals surface area contributed by atoms with Gasteiger partial charge in [0.05, 0.1) is 5.69 Å². The number of carbonyl (C=O) groups is 2. The number of benzene rings is 1. The van der Waals surface area contributed by atoms with E-state index in [0.717, 1.165) is 4.47 Å². The highest BCUT2D eigenvalue weighted by molar-refractivity contribution is 9.10. The van der Waals surface area contributed by atoms with E-state index in [2.05, 4.69) is 21.2 Å². The zero-order valence-electron chi connectivity index (χ0n) is 7.83. The lowest BCUT2D eigenvalue weighted by atomic mass is 10.2. The summed E-state index contributed by atoms with van der Waals surface area (Å²) in [5.41, 5.74) is 0.626. The van der Waals surface area contributed by atoms with Crippen molar-refractivity contribution in [3.8, 4) is 0 Å². The monoisotopic (exact) mass is 270 g/mol. The second-order valence-corrected chi connectivity index (χ2v) is 3.75. The molecule has 0 spiro atoms. The summed E-state index contributed by atoms with van der Waals surface area (Å²) in [6, 6.07) is 7.11. The third-order valence-electron chi connectivity index (χ3n) is 1.70. The molecule has 1 amide bonds. The van der Waals surface area contributed by atoms with Crippen molar-refractivity contribution in [2.45, 2.75) is 12.8 Å². The van der Waals surface area contributed by atoms with Gasteiger partial charge in [-0.25, -0.2) is 0 Å². The highest BCUT2D eigenvalue weighted by Gasteiger charge is 2.04. The van der Waals surface area contributed by atoms with E-state index in [4.69, 9.17) is 0 Å². The van der Waals surface area contributed by atoms with Gasteiger partial charge >= 0.3 is 0 Å². The first-order chi connectivity index (χ1) is 7.09. The Balaban J connectivity index is 2.52. The number of aliphatic carboxylic acids is 1. The van der Waals surface area contributed by atoms with Crippen LogP contribution in [0, 0.1) is 0 Å². The van der Waals surface area contributed by atoms with Crippen molar-refractivity contribution in [2.75, 3.05) is 5.32 Å². The number of hydrogen-bond acceptors (Lipinski definition) is 3. The number of carbonyl (C=O) groups excluding carboxylic acids is 2. The van der Waals surface area contributed by atoms with Gasteiger partial charge in [0.1, 0.15) is 0 Å². The van der Waals surface area contributed by atoms with E-state index in [0.29, 0.717) is 5.69 Å². The maximum Gasteiger partial charge on any atom is 0.224 e. The maximum atomic E-state index is 11.2. The van der Waals surface area contributed by atoms with Gasteiger partial charge in [-0.1, -0.05) is 12.1 Å². The summed E-state index contributed by atoms with van der Waals surface area (Å²) in [7, 11) is 0. The largest absolute Gasteiger partial charge is 0.550 e. The summed E-state index contributed by atoms with van der Waals surface area (Å²) in [6.45, 7) is 0. The van der Waals surface area contributed by atoms with Crippen LogP contribution in [0.25, 0.3) is 0 Å². The van der Waals surface area contributed by atoms with Crippen LogP contribution in [0.3, 0.4) is 0 Å². The van der Waals surface area contributed by atoms with Gasteiger partial charge in [-0.2, -0.15) is 0 Å². The van der Waals surface area contributed by atoms with E-state index in [9.17, 15) is 14.7 Å². The average Bonchev–Trinajstić information content (AvgIpc) is 2.18. The van der Waals surface area contributed by atoms with Gasteiger partial charge in [-0.15, -0.1) is 0 Å². The third-order valence-corrected chi connectivity index (χ3v) is 2.40. The number of para-hydroxylation sites is 1. The van der Waals surface area contributed by atoms with E-state index in [-0.39, 0.29) is 18.7 Å². The molecule has 0 saturated heterocycles. The Morgan fingerprint density at radius 2 is 1.93 bits per heavy atom. The summed E-state index contributed by atoms with van der Waals surface area (Å²) >= 11 is 3.26. The number of rotatable bonds is 4. The van der Waals surface area contributed by atoms with Crippen molar-refractivity contribution in [3.63, 3.8) is 0 Å². The second kappa shape index (κ2) is 5.50. The number of carboxylic acids is 1. The Labute approximate surface area is 95.4 Å². The van der Waals surface area contributed by atoms with Crippen LogP contribution in [-0.4, -0.2) is 11.9 Å². The molecule has 0 atom stereocenters. The fraction of sp³-hybridized carbons (Fsp3) is 0.200. The number of halogens is 1. The van der Waals surface area contributed by atoms with Crippen LogP contribution in [0.5, 0.6) is 0 Å². The molecule has 0 heterocycles. The highest BCUT2D eigenvalue weighted by Crippen LogP contribution is 2.21. The lowest BCUT2D eigenvalue weighted by molar-refractivity contribution is -0.305. The van der Waals surface area contributed by atoms with Crippen molar-refractivity contribution in [2.24, 2.45) is 0 Å². The Morgan fingerprint density at radius 1 is 1.27 bits per heavy atom. The second-order valence-electron chi connectivity index (χ2n) is 2.90. The Bertz CT molecular complexity index is 379. The fourth-order valence-corrected chi connectivity index (χ4v) is 1.37. The molecule has 1 rings (SSSR count). The van der Waals surface area contributed by atoms with E-state index in [1.54, 1.807) is 18.2 Å². The predicted molar refractivity (Wildman–Crippen MR) is 57.0 cm³/mol. The molecule has 0 bridgehead atoms. The molecular weight excluding hydrogens is 262 g/mol. The van der Waals surface area contributed by atoms with Crippen LogP contribution in [-0.2, 0) is 9.59 Å². The first-order valence-electron chi connectivity index (χ1n) is 4.34. The zero-order chi connectivity index (χ0) is 11.3. The molecule has 0 aromatic heterocycles. The molecule has 0 fully saturated rings. The summed E-state index contributed by atoms with van der Waals surface area (Å²) < 4.78 is 0.756. The number of amides is 1. The topological polar surface area (TPSA) is 69.2 Å². The highest BCUT2D eigenvalue weighted by atomic mass is 79.9. The van der Waals surface area contributed by atoms with Crippen molar-refractivity contribution in [1.29, 1.82) is 0 Å². The molecule has 0 aliphatic rings. The Morgan fingerprint density at radius 3 is 2.53 bits per heavy atom. The molecule has 80 valence electrons. The number of nitrogens with one attached hydrogen (secondary N) is 1. The van der Waals surface area contributed by atoms with Crippen LogP contribution < -0.4 is 10.4 Å². The lowest BCUT2D eigenvalue weighted by Crippen LogP contribution is -2.24. The Kier molecular flexibility index (Phi) is 4.30. The summed E-state index contributed by atoms with van der Waals surface area (Å²) in [5.74, 6) is -1.57. The summed E-state index contributed by atoms with van der Waals surface area (Å²) in [5, 5.41) is 12.7. The third kappa shape index (κ3) is 4.12. The van der Waals surface area contributed by atoms with Crippen LogP contribution in [0.1, 0.15) is 12.8 Å². The standard InChI is InChI=1S/C10H10BrNO3/c11-7-3-1-2-4-8(7)12-9(13)5-6-10(14)15/h1-4H,5-6H2,(H,12,13)(H,14,15)/p-1. The van der Waals surface area contributed by atoms with Gasteiger partial charge in [0.2, 0.25) is 5.91 Å². The van der Waals surface area contributed by atoms with Crippen LogP contribution in [0.15, 0.2) is 28.7 Å². The van der Waals surface area contributed by atoms with Gasteiger partial charge < -0.3 is 15.2 Å². The van der Waals surface area contributed by atoms with Crippen LogP contribution in [0.4, 0.5) is 5.69 Å². The molecule has 5 heteroatoms. The number of hydrogen-bond donors (Lipinski definition) is 1. The van der Waals surface area contributed by atoms with Crippen molar-refractivity contribution < 1.29 is 14.7 Å².